The van der Waals surface area contributed by atoms with Gasteiger partial charge in [0.05, 0.1) is 19.2 Å². The number of carbonyl (C=O) groups is 2. The topological polar surface area (TPSA) is 105 Å². The molecular formula is C20H21N5O3. The summed E-state index contributed by atoms with van der Waals surface area (Å²) in [7, 11) is 1.32. The van der Waals surface area contributed by atoms with Crippen LogP contribution in [0.4, 0.5) is 10.6 Å². The second kappa shape index (κ2) is 9.31. The Morgan fingerprint density at radius 1 is 0.929 bits per heavy atom. The van der Waals surface area contributed by atoms with Crippen LogP contribution in [0.15, 0.2) is 54.6 Å². The Bertz CT molecular complexity index is 962. The summed E-state index contributed by atoms with van der Waals surface area (Å²) in [5.41, 5.74) is 1.72. The molecule has 2 aromatic carbocycles. The molecule has 3 aromatic rings. The van der Waals surface area contributed by atoms with Crippen molar-refractivity contribution in [2.45, 2.75) is 13.1 Å². The van der Waals surface area contributed by atoms with Gasteiger partial charge in [-0.25, -0.2) is 14.8 Å². The average Bonchev–Trinajstić information content (AvgIpc) is 2.75. The molecule has 0 saturated heterocycles. The number of nitrogens with one attached hydrogen (secondary N) is 3. The predicted molar refractivity (Wildman–Crippen MR) is 106 cm³/mol. The van der Waals surface area contributed by atoms with Crippen molar-refractivity contribution in [3.63, 3.8) is 0 Å². The molecule has 28 heavy (non-hydrogen) atoms. The number of rotatable bonds is 7. The smallest absolute Gasteiger partial charge is 0.325 e. The van der Waals surface area contributed by atoms with Crippen molar-refractivity contribution < 1.29 is 14.3 Å². The van der Waals surface area contributed by atoms with E-state index in [1.807, 2.05) is 54.6 Å². The van der Waals surface area contributed by atoms with E-state index in [0.717, 1.165) is 10.9 Å². The number of hydrogen-bond donors (Lipinski definition) is 3. The van der Waals surface area contributed by atoms with E-state index in [1.165, 1.54) is 7.11 Å². The number of anilines is 1. The number of urea groups is 1. The number of benzene rings is 2. The van der Waals surface area contributed by atoms with Crippen LogP contribution in [0.2, 0.25) is 0 Å². The summed E-state index contributed by atoms with van der Waals surface area (Å²) in [6.07, 6.45) is 0. The summed E-state index contributed by atoms with van der Waals surface area (Å²) >= 11 is 0. The highest BCUT2D eigenvalue weighted by molar-refractivity contribution is 5.90. The zero-order valence-corrected chi connectivity index (χ0v) is 15.4. The second-order valence-electron chi connectivity index (χ2n) is 5.96. The van der Waals surface area contributed by atoms with E-state index in [2.05, 4.69) is 30.7 Å². The molecule has 2 amide bonds. The first-order valence-electron chi connectivity index (χ1n) is 8.77. The molecule has 0 saturated carbocycles. The largest absolute Gasteiger partial charge is 0.468 e. The van der Waals surface area contributed by atoms with Gasteiger partial charge in [0.1, 0.15) is 12.4 Å². The number of methoxy groups -OCH3 is 1. The molecule has 3 rings (SSSR count). The van der Waals surface area contributed by atoms with Crippen molar-refractivity contribution in [3.05, 3.63) is 66.0 Å². The summed E-state index contributed by atoms with van der Waals surface area (Å²) in [5.74, 6) is 0.543. The summed E-state index contributed by atoms with van der Waals surface area (Å²) < 4.78 is 4.65. The first kappa shape index (κ1) is 19.1. The van der Waals surface area contributed by atoms with E-state index in [1.54, 1.807) is 0 Å². The standard InChI is InChI=1S/C20H21N5O3/c1-28-18(26)13-21-19-15-9-5-6-10-16(15)24-17(25-19)12-23-20(27)22-11-14-7-3-2-4-8-14/h2-10H,11-13H2,1H3,(H,21,24,25)(H2,22,23,27). The van der Waals surface area contributed by atoms with Gasteiger partial charge in [0, 0.05) is 11.9 Å². The number of amides is 2. The van der Waals surface area contributed by atoms with Gasteiger partial charge in [0.25, 0.3) is 0 Å². The van der Waals surface area contributed by atoms with Crippen molar-refractivity contribution >= 4 is 28.7 Å². The van der Waals surface area contributed by atoms with Crippen LogP contribution in [0.3, 0.4) is 0 Å². The highest BCUT2D eigenvalue weighted by Crippen LogP contribution is 2.19. The summed E-state index contributed by atoms with van der Waals surface area (Å²) in [6, 6.07) is 16.8. The summed E-state index contributed by atoms with van der Waals surface area (Å²) in [5, 5.41) is 9.27. The maximum atomic E-state index is 12.0. The Balaban J connectivity index is 1.65. The van der Waals surface area contributed by atoms with Crippen LogP contribution >= 0.6 is 0 Å². The molecule has 0 spiro atoms. The Kier molecular flexibility index (Phi) is 6.35. The predicted octanol–water partition coefficient (Wildman–Crippen LogP) is 2.21. The monoisotopic (exact) mass is 379 g/mol. The lowest BCUT2D eigenvalue weighted by atomic mass is 10.2. The van der Waals surface area contributed by atoms with Crippen LogP contribution in [-0.4, -0.2) is 35.6 Å². The molecule has 3 N–H and O–H groups in total. The molecule has 0 unspecified atom stereocenters. The van der Waals surface area contributed by atoms with E-state index < -0.39 is 5.97 Å². The fourth-order valence-electron chi connectivity index (χ4n) is 2.57. The lowest BCUT2D eigenvalue weighted by molar-refractivity contribution is -0.138. The Morgan fingerprint density at radius 2 is 1.64 bits per heavy atom. The Labute approximate surface area is 162 Å². The third-order valence-electron chi connectivity index (χ3n) is 3.98. The number of ether oxygens (including phenoxy) is 1. The minimum absolute atomic E-state index is 0.0120. The van der Waals surface area contributed by atoms with Crippen molar-refractivity contribution in [2.24, 2.45) is 0 Å². The van der Waals surface area contributed by atoms with E-state index in [0.29, 0.717) is 23.7 Å². The number of carbonyl (C=O) groups excluding carboxylic acids is 2. The van der Waals surface area contributed by atoms with Crippen LogP contribution in [0, 0.1) is 0 Å². The van der Waals surface area contributed by atoms with Gasteiger partial charge in [0.2, 0.25) is 0 Å². The van der Waals surface area contributed by atoms with E-state index in [-0.39, 0.29) is 19.1 Å². The maximum Gasteiger partial charge on any atom is 0.325 e. The van der Waals surface area contributed by atoms with Gasteiger partial charge in [-0.3, -0.25) is 4.79 Å². The minimum Gasteiger partial charge on any atom is -0.468 e. The zero-order valence-electron chi connectivity index (χ0n) is 15.4. The fraction of sp³-hybridized carbons (Fsp3) is 0.200. The molecule has 0 aliphatic heterocycles. The molecule has 144 valence electrons. The van der Waals surface area contributed by atoms with Crippen molar-refractivity contribution in [1.29, 1.82) is 0 Å². The lowest BCUT2D eigenvalue weighted by Gasteiger charge is -2.11. The number of hydrogen-bond acceptors (Lipinski definition) is 6. The van der Waals surface area contributed by atoms with Gasteiger partial charge in [-0.1, -0.05) is 42.5 Å². The Morgan fingerprint density at radius 3 is 2.43 bits per heavy atom. The van der Waals surface area contributed by atoms with Crippen LogP contribution in [0.1, 0.15) is 11.4 Å². The molecule has 8 heteroatoms. The van der Waals surface area contributed by atoms with Crippen molar-refractivity contribution in [2.75, 3.05) is 19.0 Å². The number of fused-ring (bicyclic) bond motifs is 1. The van der Waals surface area contributed by atoms with Gasteiger partial charge in [0.15, 0.2) is 5.82 Å². The van der Waals surface area contributed by atoms with Crippen LogP contribution in [0.25, 0.3) is 10.9 Å². The molecule has 1 aromatic heterocycles. The quantitative estimate of drug-likeness (QED) is 0.544. The number of nitrogens with zero attached hydrogens (tertiary/aromatic N) is 2. The Hall–Kier alpha value is -3.68. The van der Waals surface area contributed by atoms with Crippen LogP contribution < -0.4 is 16.0 Å². The van der Waals surface area contributed by atoms with Gasteiger partial charge in [-0.2, -0.15) is 0 Å². The van der Waals surface area contributed by atoms with Crippen molar-refractivity contribution in [3.8, 4) is 0 Å². The van der Waals surface area contributed by atoms with Gasteiger partial charge < -0.3 is 20.7 Å². The second-order valence-corrected chi connectivity index (χ2v) is 5.96. The lowest BCUT2D eigenvalue weighted by Crippen LogP contribution is -2.35. The van der Waals surface area contributed by atoms with Gasteiger partial charge in [-0.05, 0) is 17.7 Å². The molecule has 0 atom stereocenters. The van der Waals surface area contributed by atoms with Gasteiger partial charge in [-0.15, -0.1) is 0 Å². The van der Waals surface area contributed by atoms with E-state index >= 15 is 0 Å². The number of esters is 1. The molecule has 0 aliphatic rings. The summed E-state index contributed by atoms with van der Waals surface area (Å²) in [6.45, 7) is 0.567. The summed E-state index contributed by atoms with van der Waals surface area (Å²) in [4.78, 5) is 32.3. The molecule has 0 radical (unpaired) electrons. The third kappa shape index (κ3) is 5.16. The SMILES string of the molecule is COC(=O)CNc1nc(CNC(=O)NCc2ccccc2)nc2ccccc12. The van der Waals surface area contributed by atoms with Gasteiger partial charge >= 0.3 is 12.0 Å². The van der Waals surface area contributed by atoms with E-state index in [9.17, 15) is 9.59 Å². The first-order chi connectivity index (χ1) is 13.7. The average molecular weight is 379 g/mol. The maximum absolute atomic E-state index is 12.0. The van der Waals surface area contributed by atoms with Crippen molar-refractivity contribution in [1.82, 2.24) is 20.6 Å². The normalized spacial score (nSPS) is 10.3. The molecule has 1 heterocycles. The molecular weight excluding hydrogens is 358 g/mol. The molecule has 8 nitrogen and oxygen atoms in total. The number of para-hydroxylation sites is 1. The van der Waals surface area contributed by atoms with Crippen LogP contribution in [0.5, 0.6) is 0 Å². The molecule has 0 aliphatic carbocycles. The first-order valence-corrected chi connectivity index (χ1v) is 8.77. The zero-order chi connectivity index (χ0) is 19.8. The third-order valence-corrected chi connectivity index (χ3v) is 3.98. The highest BCUT2D eigenvalue weighted by atomic mass is 16.5. The van der Waals surface area contributed by atoms with Crippen LogP contribution in [-0.2, 0) is 22.6 Å². The molecule has 0 fully saturated rings. The molecule has 0 bridgehead atoms. The van der Waals surface area contributed by atoms with E-state index in [4.69, 9.17) is 0 Å². The minimum atomic E-state index is -0.400. The number of aromatic nitrogens is 2. The highest BCUT2D eigenvalue weighted by Gasteiger charge is 2.10. The fourth-order valence-corrected chi connectivity index (χ4v) is 2.57.